The van der Waals surface area contributed by atoms with Crippen LogP contribution < -0.4 is 24.8 Å². The highest BCUT2D eigenvalue weighted by molar-refractivity contribution is 5.95. The minimum atomic E-state index is -0.522. The highest BCUT2D eigenvalue weighted by Gasteiger charge is 2.35. The van der Waals surface area contributed by atoms with Gasteiger partial charge < -0.3 is 29.7 Å². The molecule has 1 saturated heterocycles. The van der Waals surface area contributed by atoms with Crippen LogP contribution in [0.2, 0.25) is 0 Å². The molecule has 2 aromatic heterocycles. The Kier molecular flexibility index (Phi) is 8.34. The molecule has 0 aliphatic carbocycles. The van der Waals surface area contributed by atoms with Gasteiger partial charge in [0.2, 0.25) is 5.91 Å². The van der Waals surface area contributed by atoms with Crippen molar-refractivity contribution >= 4 is 17.7 Å². The van der Waals surface area contributed by atoms with E-state index in [0.29, 0.717) is 48.2 Å². The Morgan fingerprint density at radius 2 is 1.98 bits per heavy atom. The molecule has 3 aliphatic heterocycles. The summed E-state index contributed by atoms with van der Waals surface area (Å²) in [5.41, 5.74) is 1.94. The number of pyridine rings is 1. The number of piperidine rings is 1. The molecule has 44 heavy (non-hydrogen) atoms. The molecule has 5 heterocycles. The number of nitrogens with zero attached hydrogens (tertiary/aromatic N) is 4. The van der Waals surface area contributed by atoms with Gasteiger partial charge in [0.15, 0.2) is 23.9 Å². The van der Waals surface area contributed by atoms with E-state index in [9.17, 15) is 14.4 Å². The number of rotatable bonds is 4. The molecular weight excluding hydrogens is 566 g/mol. The molecule has 13 heteroatoms. The zero-order chi connectivity index (χ0) is 30.5. The molecule has 4 aromatic rings. The van der Waals surface area contributed by atoms with Gasteiger partial charge in [0.05, 0.1) is 19.6 Å². The number of hydrogen-bond donors (Lipinski definition) is 3. The highest BCUT2D eigenvalue weighted by atomic mass is 16.5. The van der Waals surface area contributed by atoms with Crippen LogP contribution in [0.4, 0.5) is 0 Å². The van der Waals surface area contributed by atoms with Gasteiger partial charge in [-0.2, -0.15) is 5.10 Å². The summed E-state index contributed by atoms with van der Waals surface area (Å²) in [5, 5.41) is 12.9. The Balaban J connectivity index is 1.22. The maximum Gasteiger partial charge on any atom is 0.258 e. The van der Waals surface area contributed by atoms with E-state index in [2.05, 4.69) is 30.8 Å². The average Bonchev–Trinajstić information content (AvgIpc) is 3.52. The first-order chi connectivity index (χ1) is 21.4. The maximum absolute atomic E-state index is 13.5. The van der Waals surface area contributed by atoms with E-state index in [1.807, 2.05) is 30.3 Å². The van der Waals surface area contributed by atoms with Crippen LogP contribution in [-0.2, 0) is 22.6 Å². The highest BCUT2D eigenvalue weighted by Crippen LogP contribution is 2.29. The Morgan fingerprint density at radius 1 is 1.11 bits per heavy atom. The lowest BCUT2D eigenvalue weighted by Gasteiger charge is -2.38. The van der Waals surface area contributed by atoms with Gasteiger partial charge in [0.25, 0.3) is 11.8 Å². The molecule has 0 saturated carbocycles. The predicted octanol–water partition coefficient (Wildman–Crippen LogP) is 1.90. The lowest BCUT2D eigenvalue weighted by Crippen LogP contribution is -2.58. The minimum absolute atomic E-state index is 0.0207. The van der Waals surface area contributed by atoms with E-state index in [1.165, 1.54) is 13.2 Å². The van der Waals surface area contributed by atoms with Crippen molar-refractivity contribution in [2.75, 3.05) is 26.8 Å². The van der Waals surface area contributed by atoms with Crippen molar-refractivity contribution in [3.63, 3.8) is 0 Å². The van der Waals surface area contributed by atoms with E-state index < -0.39 is 12.1 Å². The summed E-state index contributed by atoms with van der Waals surface area (Å²) < 4.78 is 17.4. The topological polar surface area (TPSA) is 161 Å². The zero-order valence-electron chi connectivity index (χ0n) is 24.0. The lowest BCUT2D eigenvalue weighted by molar-refractivity contribution is -0.133. The lowest BCUT2D eigenvalue weighted by atomic mass is 10.0. The molecule has 4 bridgehead atoms. The Bertz CT molecular complexity index is 1640. The third kappa shape index (κ3) is 6.61. The average molecular weight is 598 g/mol. The third-order valence-corrected chi connectivity index (χ3v) is 7.47. The molecule has 0 unspecified atom stereocenters. The van der Waals surface area contributed by atoms with Crippen molar-refractivity contribution in [2.45, 2.75) is 31.5 Å². The van der Waals surface area contributed by atoms with Gasteiger partial charge >= 0.3 is 0 Å². The van der Waals surface area contributed by atoms with Gasteiger partial charge in [-0.1, -0.05) is 12.1 Å². The number of fused-ring (bicyclic) bond motifs is 7. The van der Waals surface area contributed by atoms with Crippen molar-refractivity contribution in [2.24, 2.45) is 0 Å². The van der Waals surface area contributed by atoms with Crippen molar-refractivity contribution in [1.82, 2.24) is 35.7 Å². The number of H-pyrrole nitrogens is 1. The number of carbonyl (C=O) groups excluding carboxylic acids is 3. The van der Waals surface area contributed by atoms with Gasteiger partial charge in [-0.25, -0.2) is 4.98 Å². The second-order valence-corrected chi connectivity index (χ2v) is 10.5. The molecule has 2 aromatic carbocycles. The summed E-state index contributed by atoms with van der Waals surface area (Å²) in [4.78, 5) is 49.5. The summed E-state index contributed by atoms with van der Waals surface area (Å²) in [6.07, 6.45) is 3.43. The molecule has 226 valence electrons. The Morgan fingerprint density at radius 3 is 2.77 bits per heavy atom. The number of hydrogen-bond acceptors (Lipinski definition) is 9. The molecule has 2 atom stereocenters. The fraction of sp³-hybridized carbons (Fsp3) is 0.290. The number of ether oxygens (including phenoxy) is 3. The van der Waals surface area contributed by atoms with Crippen LogP contribution >= 0.6 is 0 Å². The Labute approximate surface area is 252 Å². The van der Waals surface area contributed by atoms with E-state index in [4.69, 9.17) is 14.2 Å². The van der Waals surface area contributed by atoms with Gasteiger partial charge in [0, 0.05) is 49.6 Å². The number of aromatic nitrogens is 4. The number of carbonyl (C=O) groups is 3. The van der Waals surface area contributed by atoms with Crippen LogP contribution in [0.25, 0.3) is 11.4 Å². The first-order valence-corrected chi connectivity index (χ1v) is 14.2. The third-order valence-electron chi connectivity index (χ3n) is 7.47. The summed E-state index contributed by atoms with van der Waals surface area (Å²) in [6, 6.07) is 15.2. The van der Waals surface area contributed by atoms with Crippen molar-refractivity contribution in [3.8, 4) is 28.6 Å². The molecular formula is C31H31N7O6. The van der Waals surface area contributed by atoms with Crippen LogP contribution in [0.15, 0.2) is 67.0 Å². The molecule has 1 fully saturated rings. The monoisotopic (exact) mass is 597 g/mol. The van der Waals surface area contributed by atoms with E-state index in [1.54, 1.807) is 35.5 Å². The second kappa shape index (κ2) is 12.8. The fourth-order valence-electron chi connectivity index (χ4n) is 5.13. The largest absolute Gasteiger partial charge is 0.493 e. The predicted molar refractivity (Wildman–Crippen MR) is 157 cm³/mol. The quantitative estimate of drug-likeness (QED) is 0.319. The van der Waals surface area contributed by atoms with Crippen LogP contribution in [0.5, 0.6) is 17.2 Å². The van der Waals surface area contributed by atoms with Gasteiger partial charge in [-0.05, 0) is 48.0 Å². The number of benzene rings is 2. The molecule has 3 N–H and O–H groups in total. The van der Waals surface area contributed by atoms with Crippen molar-refractivity contribution < 1.29 is 28.6 Å². The normalized spacial score (nSPS) is 18.6. The van der Waals surface area contributed by atoms with Gasteiger partial charge in [-0.15, -0.1) is 0 Å². The maximum atomic E-state index is 13.5. The first-order valence-electron chi connectivity index (χ1n) is 14.2. The number of amides is 3. The summed E-state index contributed by atoms with van der Waals surface area (Å²) in [7, 11) is 1.48. The molecule has 0 spiro atoms. The van der Waals surface area contributed by atoms with E-state index in [0.717, 1.165) is 11.1 Å². The number of nitrogens with one attached hydrogen (secondary N) is 3. The molecule has 0 radical (unpaired) electrons. The van der Waals surface area contributed by atoms with E-state index in [-0.39, 0.29) is 43.0 Å². The number of aromatic amines is 1. The van der Waals surface area contributed by atoms with E-state index >= 15 is 0 Å². The van der Waals surface area contributed by atoms with Crippen molar-refractivity contribution in [3.05, 3.63) is 83.9 Å². The van der Waals surface area contributed by atoms with Crippen LogP contribution in [-0.4, -0.2) is 81.7 Å². The van der Waals surface area contributed by atoms with Crippen molar-refractivity contribution in [1.29, 1.82) is 0 Å². The van der Waals surface area contributed by atoms with Crippen LogP contribution in [0.3, 0.4) is 0 Å². The van der Waals surface area contributed by atoms with Gasteiger partial charge in [0.1, 0.15) is 17.7 Å². The first kappa shape index (κ1) is 28.6. The number of methoxy groups -OCH3 is 1. The molecule has 3 aliphatic rings. The minimum Gasteiger partial charge on any atom is -0.493 e. The molecule has 13 nitrogen and oxygen atoms in total. The molecule has 3 amide bonds. The summed E-state index contributed by atoms with van der Waals surface area (Å²) in [5.74, 6) is 1.30. The second-order valence-electron chi connectivity index (χ2n) is 10.5. The smallest absolute Gasteiger partial charge is 0.258 e. The number of likely N-dealkylation sites (tertiary alicyclic amines) is 1. The van der Waals surface area contributed by atoms with Crippen LogP contribution in [0, 0.1) is 0 Å². The SMILES string of the molecule is COc1ccc2cc1OCC(=O)NCc1ccc(cc1)O[C@@H]1CCN(C(=O)Cc3nc(-c4cccnc4)n[nH]3)C[C@@H]1NC2=O. The van der Waals surface area contributed by atoms with Crippen LogP contribution in [0.1, 0.15) is 28.2 Å². The van der Waals surface area contributed by atoms with Gasteiger partial charge in [-0.3, -0.25) is 24.5 Å². The Hall–Kier alpha value is -5.46. The molecule has 7 rings (SSSR count). The standard InChI is InChI=1S/C31H31N7O6/c1-42-25-9-6-20-13-26(25)43-18-28(39)33-15-19-4-7-22(8-5-19)44-24-10-12-38(17-23(24)34-31(20)41)29(40)14-27-35-30(37-36-27)21-3-2-11-32-16-21/h2-9,11,13,16,23-24H,10,12,14-15,17-18H2,1H3,(H,33,39)(H,34,41)(H,35,36,37)/t23-,24+/m0/s1. The zero-order valence-corrected chi connectivity index (χ0v) is 24.0. The summed E-state index contributed by atoms with van der Waals surface area (Å²) >= 11 is 0. The fourth-order valence-corrected chi connectivity index (χ4v) is 5.13. The summed E-state index contributed by atoms with van der Waals surface area (Å²) in [6.45, 7) is 0.732.